The molecule has 0 spiro atoms. The molecule has 0 saturated heterocycles. The molecule has 0 saturated carbocycles. The van der Waals surface area contributed by atoms with Gasteiger partial charge in [-0.05, 0) is 18.9 Å². The molecule has 0 aliphatic rings. The lowest BCUT2D eigenvalue weighted by molar-refractivity contribution is -0.145. The van der Waals surface area contributed by atoms with E-state index in [-0.39, 0.29) is 5.91 Å². The third kappa shape index (κ3) is 5.19. The van der Waals surface area contributed by atoms with Crippen LogP contribution < -0.4 is 11.1 Å². The van der Waals surface area contributed by atoms with Crippen molar-refractivity contribution >= 4 is 11.9 Å². The number of carbonyl (C=O) groups excluding carboxylic acids is 2. The van der Waals surface area contributed by atoms with Gasteiger partial charge >= 0.3 is 5.97 Å². The Hall–Kier alpha value is -1.88. The van der Waals surface area contributed by atoms with E-state index in [2.05, 4.69) is 5.32 Å². The van der Waals surface area contributed by atoms with Crippen LogP contribution in [-0.4, -0.2) is 30.6 Å². The molecule has 0 bridgehead atoms. The highest BCUT2D eigenvalue weighted by atomic mass is 16.5. The van der Waals surface area contributed by atoms with Gasteiger partial charge in [-0.2, -0.15) is 0 Å². The zero-order chi connectivity index (χ0) is 15.9. The van der Waals surface area contributed by atoms with E-state index in [9.17, 15) is 9.59 Å². The van der Waals surface area contributed by atoms with E-state index in [1.54, 1.807) is 6.92 Å². The molecular formula is C16H24N2O3. The largest absolute Gasteiger partial charge is 0.467 e. The zero-order valence-electron chi connectivity index (χ0n) is 12.9. The Bertz CT molecular complexity index is 472. The first kappa shape index (κ1) is 17.2. The van der Waals surface area contributed by atoms with Crippen LogP contribution in [0.3, 0.4) is 0 Å². The van der Waals surface area contributed by atoms with Gasteiger partial charge < -0.3 is 15.8 Å². The first-order valence-corrected chi connectivity index (χ1v) is 7.12. The molecule has 2 atom stereocenters. The first-order valence-electron chi connectivity index (χ1n) is 7.12. The van der Waals surface area contributed by atoms with Crippen LogP contribution in [0.4, 0.5) is 0 Å². The van der Waals surface area contributed by atoms with Crippen LogP contribution in [0.5, 0.6) is 0 Å². The molecule has 1 aromatic rings. The van der Waals surface area contributed by atoms with E-state index >= 15 is 0 Å². The van der Waals surface area contributed by atoms with Crippen LogP contribution in [0.25, 0.3) is 0 Å². The Morgan fingerprint density at radius 3 is 2.48 bits per heavy atom. The van der Waals surface area contributed by atoms with Gasteiger partial charge in [0.05, 0.1) is 12.6 Å². The van der Waals surface area contributed by atoms with Gasteiger partial charge in [-0.15, -0.1) is 0 Å². The summed E-state index contributed by atoms with van der Waals surface area (Å²) in [6.45, 7) is 3.63. The predicted octanol–water partition coefficient (Wildman–Crippen LogP) is 1.40. The minimum atomic E-state index is -0.988. The number of methoxy groups -OCH3 is 1. The summed E-state index contributed by atoms with van der Waals surface area (Å²) in [5, 5.41) is 2.70. The summed E-state index contributed by atoms with van der Waals surface area (Å²) in [6.07, 6.45) is 1.72. The molecule has 5 nitrogen and oxygen atoms in total. The van der Waals surface area contributed by atoms with Gasteiger partial charge in [0.1, 0.15) is 6.04 Å². The standard InChI is InChI=1S/C16H24N2O3/c1-4-10-16(2,17)15(20)18-13(14(19)21-3)11-12-8-6-5-7-9-12/h5-9,13H,4,10-11,17H2,1-3H3,(H,18,20). The molecule has 0 fully saturated rings. The number of ether oxygens (including phenoxy) is 1. The van der Waals surface area contributed by atoms with Crippen LogP contribution in [0.15, 0.2) is 30.3 Å². The molecule has 0 heterocycles. The van der Waals surface area contributed by atoms with Crippen molar-refractivity contribution in [2.24, 2.45) is 5.73 Å². The molecule has 21 heavy (non-hydrogen) atoms. The Balaban J connectivity index is 2.80. The third-order valence-electron chi connectivity index (χ3n) is 3.36. The Morgan fingerprint density at radius 1 is 1.33 bits per heavy atom. The first-order chi connectivity index (χ1) is 9.90. The summed E-state index contributed by atoms with van der Waals surface area (Å²) in [4.78, 5) is 24.1. The van der Waals surface area contributed by atoms with Crippen molar-refractivity contribution in [1.82, 2.24) is 5.32 Å². The number of hydrogen-bond donors (Lipinski definition) is 2. The van der Waals surface area contributed by atoms with Crippen molar-refractivity contribution < 1.29 is 14.3 Å². The summed E-state index contributed by atoms with van der Waals surface area (Å²) >= 11 is 0. The monoisotopic (exact) mass is 292 g/mol. The quantitative estimate of drug-likeness (QED) is 0.744. The predicted molar refractivity (Wildman–Crippen MR) is 81.6 cm³/mol. The molecule has 5 heteroatoms. The summed E-state index contributed by atoms with van der Waals surface area (Å²) in [7, 11) is 1.31. The molecule has 116 valence electrons. The fraction of sp³-hybridized carbons (Fsp3) is 0.500. The average Bonchev–Trinajstić information content (AvgIpc) is 2.46. The van der Waals surface area contributed by atoms with E-state index in [0.29, 0.717) is 12.8 Å². The van der Waals surface area contributed by atoms with E-state index in [0.717, 1.165) is 12.0 Å². The SMILES string of the molecule is CCCC(C)(N)C(=O)NC(Cc1ccccc1)C(=O)OC. The normalized spacial score (nSPS) is 14.9. The number of nitrogens with one attached hydrogen (secondary N) is 1. The van der Waals surface area contributed by atoms with E-state index in [4.69, 9.17) is 10.5 Å². The maximum Gasteiger partial charge on any atom is 0.328 e. The van der Waals surface area contributed by atoms with Crippen LogP contribution in [0, 0.1) is 0 Å². The smallest absolute Gasteiger partial charge is 0.328 e. The van der Waals surface area contributed by atoms with E-state index in [1.807, 2.05) is 37.3 Å². The molecule has 0 radical (unpaired) electrons. The third-order valence-corrected chi connectivity index (χ3v) is 3.36. The topological polar surface area (TPSA) is 81.4 Å². The molecule has 0 aliphatic heterocycles. The molecule has 2 unspecified atom stereocenters. The second-order valence-corrected chi connectivity index (χ2v) is 5.41. The lowest BCUT2D eigenvalue weighted by Crippen LogP contribution is -2.56. The van der Waals surface area contributed by atoms with Crippen LogP contribution in [-0.2, 0) is 20.7 Å². The van der Waals surface area contributed by atoms with Gasteiger partial charge in [0.2, 0.25) is 5.91 Å². The Morgan fingerprint density at radius 2 is 1.95 bits per heavy atom. The number of benzene rings is 1. The lowest BCUT2D eigenvalue weighted by Gasteiger charge is -2.26. The number of amides is 1. The van der Waals surface area contributed by atoms with Crippen LogP contribution in [0.2, 0.25) is 0 Å². The number of hydrogen-bond acceptors (Lipinski definition) is 4. The van der Waals surface area contributed by atoms with Crippen LogP contribution >= 0.6 is 0 Å². The van der Waals surface area contributed by atoms with Crippen molar-refractivity contribution in [3.8, 4) is 0 Å². The summed E-state index contributed by atoms with van der Waals surface area (Å²) in [5.41, 5.74) is 5.95. The number of esters is 1. The summed E-state index contributed by atoms with van der Waals surface area (Å²) in [5.74, 6) is -0.810. The van der Waals surface area contributed by atoms with E-state index < -0.39 is 17.6 Å². The average molecular weight is 292 g/mol. The van der Waals surface area contributed by atoms with Gasteiger partial charge in [0, 0.05) is 6.42 Å². The summed E-state index contributed by atoms with van der Waals surface area (Å²) in [6, 6.07) is 8.73. The number of rotatable bonds is 7. The van der Waals surface area contributed by atoms with Crippen molar-refractivity contribution in [2.45, 2.75) is 44.7 Å². The molecule has 1 rings (SSSR count). The van der Waals surface area contributed by atoms with Gasteiger partial charge in [0.25, 0.3) is 0 Å². The Labute approximate surface area is 125 Å². The maximum absolute atomic E-state index is 12.2. The molecular weight excluding hydrogens is 268 g/mol. The maximum atomic E-state index is 12.2. The molecule has 0 aliphatic carbocycles. The van der Waals surface area contributed by atoms with Crippen molar-refractivity contribution in [2.75, 3.05) is 7.11 Å². The van der Waals surface area contributed by atoms with Crippen molar-refractivity contribution in [3.05, 3.63) is 35.9 Å². The van der Waals surface area contributed by atoms with Crippen molar-refractivity contribution in [1.29, 1.82) is 0 Å². The Kier molecular flexibility index (Phi) is 6.37. The highest BCUT2D eigenvalue weighted by molar-refractivity contribution is 5.90. The molecule has 1 amide bonds. The highest BCUT2D eigenvalue weighted by Gasteiger charge is 2.31. The molecule has 3 N–H and O–H groups in total. The minimum Gasteiger partial charge on any atom is -0.467 e. The van der Waals surface area contributed by atoms with Gasteiger partial charge in [-0.1, -0.05) is 43.7 Å². The van der Waals surface area contributed by atoms with E-state index in [1.165, 1.54) is 7.11 Å². The van der Waals surface area contributed by atoms with Gasteiger partial charge in [0.15, 0.2) is 0 Å². The van der Waals surface area contributed by atoms with Crippen LogP contribution in [0.1, 0.15) is 32.3 Å². The summed E-state index contributed by atoms with van der Waals surface area (Å²) < 4.78 is 4.76. The number of carbonyl (C=O) groups is 2. The second kappa shape index (κ2) is 7.78. The molecule has 1 aromatic carbocycles. The lowest BCUT2D eigenvalue weighted by atomic mass is 9.95. The fourth-order valence-electron chi connectivity index (χ4n) is 2.14. The fourth-order valence-corrected chi connectivity index (χ4v) is 2.14. The van der Waals surface area contributed by atoms with Gasteiger partial charge in [-0.3, -0.25) is 4.79 Å². The number of nitrogens with two attached hydrogens (primary N) is 1. The second-order valence-electron chi connectivity index (χ2n) is 5.41. The highest BCUT2D eigenvalue weighted by Crippen LogP contribution is 2.11. The molecule has 0 aromatic heterocycles. The van der Waals surface area contributed by atoms with Gasteiger partial charge in [-0.25, -0.2) is 4.79 Å². The zero-order valence-corrected chi connectivity index (χ0v) is 12.9. The van der Waals surface area contributed by atoms with Crippen molar-refractivity contribution in [3.63, 3.8) is 0 Å². The minimum absolute atomic E-state index is 0.337.